The van der Waals surface area contributed by atoms with Gasteiger partial charge in [-0.2, -0.15) is 0 Å². The largest absolute Gasteiger partial charge is 0.389 e. The lowest BCUT2D eigenvalue weighted by Crippen LogP contribution is -2.54. The van der Waals surface area contributed by atoms with Crippen LogP contribution in [0.2, 0.25) is 0 Å². The maximum Gasteiger partial charge on any atom is 0.226 e. The molecule has 110 valence electrons. The third-order valence-corrected chi connectivity index (χ3v) is 4.85. The number of piperidine rings is 1. The summed E-state index contributed by atoms with van der Waals surface area (Å²) in [6, 6.07) is 0. The van der Waals surface area contributed by atoms with Gasteiger partial charge in [0.15, 0.2) is 0 Å². The molecule has 4 nitrogen and oxygen atoms in total. The molecule has 0 aromatic heterocycles. The van der Waals surface area contributed by atoms with E-state index < -0.39 is 5.60 Å². The summed E-state index contributed by atoms with van der Waals surface area (Å²) < 4.78 is 0. The second-order valence-corrected chi connectivity index (χ2v) is 6.74. The van der Waals surface area contributed by atoms with Crippen LogP contribution in [0, 0.1) is 5.41 Å². The van der Waals surface area contributed by atoms with Gasteiger partial charge in [0.1, 0.15) is 0 Å². The molecule has 2 N–H and O–H groups in total. The number of hydrogen-bond acceptors (Lipinski definition) is 3. The fourth-order valence-corrected chi connectivity index (χ4v) is 3.75. The molecule has 1 amide bonds. The topological polar surface area (TPSA) is 52.6 Å². The molecule has 1 aliphatic carbocycles. The molecule has 4 heteroatoms. The maximum atomic E-state index is 12.0. The minimum Gasteiger partial charge on any atom is -0.389 e. The molecule has 0 bridgehead atoms. The molecule has 1 saturated heterocycles. The van der Waals surface area contributed by atoms with Crippen molar-refractivity contribution in [3.63, 3.8) is 0 Å². The highest BCUT2D eigenvalue weighted by molar-refractivity contribution is 5.82. The Labute approximate surface area is 116 Å². The average molecular weight is 268 g/mol. The molecular formula is C15H28N2O2. The van der Waals surface area contributed by atoms with Crippen LogP contribution in [0.4, 0.5) is 0 Å². The van der Waals surface area contributed by atoms with Crippen molar-refractivity contribution in [2.75, 3.05) is 26.7 Å². The molecule has 1 aliphatic heterocycles. The van der Waals surface area contributed by atoms with E-state index in [9.17, 15) is 9.90 Å². The summed E-state index contributed by atoms with van der Waals surface area (Å²) in [4.78, 5) is 14.3. The lowest BCUT2D eigenvalue weighted by atomic mass is 9.79. The molecule has 1 heterocycles. The standard InChI is InChI=1S/C15H28N2O2/c1-14(13(18)16-2)7-6-10-17(11-14)12-15(19)8-4-3-5-9-15/h19H,3-12H2,1-2H3,(H,16,18)/t14-/m0/s1. The third-order valence-electron chi connectivity index (χ3n) is 4.85. The Bertz CT molecular complexity index is 326. The molecule has 0 aromatic carbocycles. The molecule has 0 aromatic rings. The lowest BCUT2D eigenvalue weighted by Gasteiger charge is -2.43. The minimum absolute atomic E-state index is 0.132. The number of nitrogens with zero attached hydrogens (tertiary/aromatic N) is 1. The first kappa shape index (κ1) is 14.8. The van der Waals surface area contributed by atoms with Crippen molar-refractivity contribution >= 4 is 5.91 Å². The number of nitrogens with one attached hydrogen (secondary N) is 1. The molecular weight excluding hydrogens is 240 g/mol. The smallest absolute Gasteiger partial charge is 0.226 e. The molecule has 2 fully saturated rings. The highest BCUT2D eigenvalue weighted by atomic mass is 16.3. The van der Waals surface area contributed by atoms with Crippen LogP contribution in [0.1, 0.15) is 51.9 Å². The highest BCUT2D eigenvalue weighted by Gasteiger charge is 2.40. The Morgan fingerprint density at radius 2 is 1.89 bits per heavy atom. The van der Waals surface area contributed by atoms with E-state index in [1.807, 2.05) is 6.92 Å². The van der Waals surface area contributed by atoms with Gasteiger partial charge in [0.2, 0.25) is 5.91 Å². The summed E-state index contributed by atoms with van der Waals surface area (Å²) in [5.41, 5.74) is -0.808. The van der Waals surface area contributed by atoms with Crippen LogP contribution in [0.5, 0.6) is 0 Å². The van der Waals surface area contributed by atoms with Crippen molar-refractivity contribution in [3.8, 4) is 0 Å². The Hall–Kier alpha value is -0.610. The van der Waals surface area contributed by atoms with Crippen molar-refractivity contribution in [2.45, 2.75) is 57.5 Å². The second kappa shape index (κ2) is 5.80. The van der Waals surface area contributed by atoms with E-state index in [0.717, 1.165) is 58.2 Å². The van der Waals surface area contributed by atoms with Crippen LogP contribution in [0.25, 0.3) is 0 Å². The molecule has 19 heavy (non-hydrogen) atoms. The van der Waals surface area contributed by atoms with Gasteiger partial charge in [0.05, 0.1) is 11.0 Å². The summed E-state index contributed by atoms with van der Waals surface area (Å²) in [7, 11) is 1.71. The van der Waals surface area contributed by atoms with Gasteiger partial charge in [-0.05, 0) is 39.2 Å². The second-order valence-electron chi connectivity index (χ2n) is 6.74. The van der Waals surface area contributed by atoms with Gasteiger partial charge in [0.25, 0.3) is 0 Å². The molecule has 0 unspecified atom stereocenters. The Morgan fingerprint density at radius 3 is 2.53 bits per heavy atom. The molecule has 2 rings (SSSR count). The van der Waals surface area contributed by atoms with Crippen LogP contribution in [-0.2, 0) is 4.79 Å². The van der Waals surface area contributed by atoms with E-state index in [1.54, 1.807) is 7.05 Å². The zero-order valence-electron chi connectivity index (χ0n) is 12.4. The van der Waals surface area contributed by atoms with Crippen molar-refractivity contribution in [1.82, 2.24) is 10.2 Å². The van der Waals surface area contributed by atoms with Crippen LogP contribution in [0.3, 0.4) is 0 Å². The van der Waals surface area contributed by atoms with E-state index in [2.05, 4.69) is 10.2 Å². The molecule has 0 radical (unpaired) electrons. The SMILES string of the molecule is CNC(=O)[C@@]1(C)CCCN(CC2(O)CCCCC2)C1. The minimum atomic E-state index is -0.515. The number of hydrogen-bond donors (Lipinski definition) is 2. The van der Waals surface area contributed by atoms with Crippen molar-refractivity contribution in [3.05, 3.63) is 0 Å². The van der Waals surface area contributed by atoms with Crippen LogP contribution in [0.15, 0.2) is 0 Å². The molecule has 2 aliphatic rings. The van der Waals surface area contributed by atoms with E-state index in [1.165, 1.54) is 6.42 Å². The van der Waals surface area contributed by atoms with Crippen molar-refractivity contribution < 1.29 is 9.90 Å². The van der Waals surface area contributed by atoms with Gasteiger partial charge in [-0.3, -0.25) is 9.69 Å². The van der Waals surface area contributed by atoms with Crippen LogP contribution < -0.4 is 5.32 Å². The van der Waals surface area contributed by atoms with Crippen molar-refractivity contribution in [2.24, 2.45) is 5.41 Å². The quantitative estimate of drug-likeness (QED) is 0.816. The van der Waals surface area contributed by atoms with Crippen LogP contribution >= 0.6 is 0 Å². The van der Waals surface area contributed by atoms with Crippen LogP contribution in [-0.4, -0.2) is 48.2 Å². The van der Waals surface area contributed by atoms with E-state index >= 15 is 0 Å². The van der Waals surface area contributed by atoms with Gasteiger partial charge in [-0.15, -0.1) is 0 Å². The Morgan fingerprint density at radius 1 is 1.21 bits per heavy atom. The summed E-state index contributed by atoms with van der Waals surface area (Å²) in [5, 5.41) is 13.4. The lowest BCUT2D eigenvalue weighted by molar-refractivity contribution is -0.134. The number of aliphatic hydroxyl groups is 1. The van der Waals surface area contributed by atoms with Gasteiger partial charge in [0, 0.05) is 20.1 Å². The fraction of sp³-hybridized carbons (Fsp3) is 0.933. The fourth-order valence-electron chi connectivity index (χ4n) is 3.75. The van der Waals surface area contributed by atoms with Gasteiger partial charge in [-0.1, -0.05) is 19.3 Å². The molecule has 1 saturated carbocycles. The van der Waals surface area contributed by atoms with Gasteiger partial charge in [-0.25, -0.2) is 0 Å². The summed E-state index contributed by atoms with van der Waals surface area (Å²) in [5.74, 6) is 0.132. The summed E-state index contributed by atoms with van der Waals surface area (Å²) in [6.07, 6.45) is 7.34. The zero-order chi connectivity index (χ0) is 13.9. The molecule has 0 spiro atoms. The van der Waals surface area contributed by atoms with Crippen molar-refractivity contribution in [1.29, 1.82) is 0 Å². The number of amides is 1. The number of likely N-dealkylation sites (tertiary alicyclic amines) is 1. The predicted molar refractivity (Wildman–Crippen MR) is 75.9 cm³/mol. The normalized spacial score (nSPS) is 31.9. The predicted octanol–water partition coefficient (Wildman–Crippen LogP) is 1.53. The Balaban J connectivity index is 1.95. The average Bonchev–Trinajstić information content (AvgIpc) is 2.38. The van der Waals surface area contributed by atoms with E-state index in [4.69, 9.17) is 0 Å². The van der Waals surface area contributed by atoms with E-state index in [-0.39, 0.29) is 11.3 Å². The van der Waals surface area contributed by atoms with E-state index in [0.29, 0.717) is 0 Å². The highest BCUT2D eigenvalue weighted by Crippen LogP contribution is 2.33. The number of carbonyl (C=O) groups is 1. The summed E-state index contributed by atoms with van der Waals surface area (Å²) in [6.45, 7) is 4.56. The number of rotatable bonds is 3. The van der Waals surface area contributed by atoms with Gasteiger partial charge >= 0.3 is 0 Å². The first-order chi connectivity index (χ1) is 8.97. The first-order valence-electron chi connectivity index (χ1n) is 7.64. The van der Waals surface area contributed by atoms with Gasteiger partial charge < -0.3 is 10.4 Å². The zero-order valence-corrected chi connectivity index (χ0v) is 12.4. The number of β-amino-alcohol motifs (C(OH)–C–C–N with tert-alkyl or cyclic N) is 1. The first-order valence-corrected chi connectivity index (χ1v) is 7.64. The third kappa shape index (κ3) is 3.48. The Kier molecular flexibility index (Phi) is 4.51. The summed E-state index contributed by atoms with van der Waals surface area (Å²) >= 11 is 0. The molecule has 1 atom stereocenters. The number of carbonyl (C=O) groups excluding carboxylic acids is 1. The maximum absolute atomic E-state index is 12.0. The monoisotopic (exact) mass is 268 g/mol.